The second-order valence-corrected chi connectivity index (χ2v) is 11.0. The first-order chi connectivity index (χ1) is 20.1. The van der Waals surface area contributed by atoms with Crippen molar-refractivity contribution in [3.8, 4) is 5.75 Å². The Labute approximate surface area is 257 Å². The zero-order chi connectivity index (χ0) is 32.3. The fourth-order valence-electron chi connectivity index (χ4n) is 3.86. The highest BCUT2D eigenvalue weighted by Crippen LogP contribution is 2.30. The van der Waals surface area contributed by atoms with Gasteiger partial charge in [-0.05, 0) is 100 Å². The molecule has 0 atom stereocenters. The fourth-order valence-corrected chi connectivity index (χ4v) is 3.86. The number of aryl methyl sites for hydroxylation is 3. The number of alkyl halides is 2. The molecule has 2 fully saturated rings. The van der Waals surface area contributed by atoms with Gasteiger partial charge in [0.15, 0.2) is 0 Å². The molecule has 0 saturated heterocycles. The van der Waals surface area contributed by atoms with Crippen molar-refractivity contribution in [1.29, 1.82) is 0 Å². The monoisotopic (exact) mass is 589 g/mol. The topological polar surface area (TPSA) is 38.3 Å². The summed E-state index contributed by atoms with van der Waals surface area (Å²) >= 11 is 0. The lowest BCUT2D eigenvalue weighted by Crippen LogP contribution is -2.26. The smallest absolute Gasteiger partial charge is 0.387 e. The standard InChI is InChI=1S/C12H14.C10H12F2O.C7H15N.C4H10.C2H4O.C2H6/c1-9-3-4-12(7-10(9)2)8-11-5-6-11;1-2-4-8-5-3-6-9(7-8)13-10(11)12;1-8-7-5-3-2-4-6-7;1-4(2)3;1-2-3;1-2/h3-4,7-8H,5-6H2,1-2H3;3,5-7,10H,2,4H2,1H3;7-8H,2-6H2,1H3;4H,1-3H3;2H,1H3;1-2H3. The van der Waals surface area contributed by atoms with Gasteiger partial charge in [-0.25, -0.2) is 0 Å². The van der Waals surface area contributed by atoms with Crippen LogP contribution in [-0.2, 0) is 11.2 Å². The van der Waals surface area contributed by atoms with Crippen molar-refractivity contribution in [1.82, 2.24) is 5.32 Å². The van der Waals surface area contributed by atoms with E-state index in [1.165, 1.54) is 74.6 Å². The first-order valence-electron chi connectivity index (χ1n) is 15.9. The van der Waals surface area contributed by atoms with Crippen LogP contribution >= 0.6 is 0 Å². The third-order valence-corrected chi connectivity index (χ3v) is 6.12. The van der Waals surface area contributed by atoms with Crippen molar-refractivity contribution >= 4 is 12.4 Å². The summed E-state index contributed by atoms with van der Waals surface area (Å²) < 4.78 is 27.9. The number of carbonyl (C=O) groups is 1. The van der Waals surface area contributed by atoms with E-state index in [0.29, 0.717) is 0 Å². The number of benzene rings is 2. The van der Waals surface area contributed by atoms with E-state index < -0.39 is 6.61 Å². The Morgan fingerprint density at radius 3 is 1.95 bits per heavy atom. The summed E-state index contributed by atoms with van der Waals surface area (Å²) in [6.45, 7) is 15.6. The highest BCUT2D eigenvalue weighted by Gasteiger charge is 2.10. The van der Waals surface area contributed by atoms with Gasteiger partial charge in [-0.2, -0.15) is 8.78 Å². The van der Waals surface area contributed by atoms with E-state index in [0.717, 1.165) is 36.7 Å². The van der Waals surface area contributed by atoms with Crippen LogP contribution in [0.3, 0.4) is 0 Å². The number of allylic oxidation sites excluding steroid dienone is 1. The van der Waals surface area contributed by atoms with Crippen molar-refractivity contribution in [3.63, 3.8) is 0 Å². The molecule has 1 N–H and O–H groups in total. The van der Waals surface area contributed by atoms with Crippen LogP contribution in [0.5, 0.6) is 5.75 Å². The molecule has 240 valence electrons. The molecule has 3 nitrogen and oxygen atoms in total. The third-order valence-electron chi connectivity index (χ3n) is 6.12. The number of aldehydes is 1. The number of ether oxygens (including phenoxy) is 1. The first kappa shape index (κ1) is 41.6. The van der Waals surface area contributed by atoms with E-state index in [2.05, 4.69) is 76.0 Å². The van der Waals surface area contributed by atoms with Gasteiger partial charge in [0, 0.05) is 6.04 Å². The van der Waals surface area contributed by atoms with Gasteiger partial charge in [0.1, 0.15) is 12.0 Å². The van der Waals surface area contributed by atoms with Gasteiger partial charge in [0.25, 0.3) is 0 Å². The zero-order valence-electron chi connectivity index (χ0n) is 28.4. The minimum Gasteiger partial charge on any atom is -0.435 e. The lowest BCUT2D eigenvalue weighted by atomic mass is 9.96. The van der Waals surface area contributed by atoms with Crippen LogP contribution in [0.25, 0.3) is 6.08 Å². The molecule has 0 radical (unpaired) electrons. The summed E-state index contributed by atoms with van der Waals surface area (Å²) in [6.07, 6.45) is 14.7. The third kappa shape index (κ3) is 25.2. The van der Waals surface area contributed by atoms with Gasteiger partial charge < -0.3 is 14.8 Å². The van der Waals surface area contributed by atoms with Crippen molar-refractivity contribution in [2.24, 2.45) is 5.92 Å². The fraction of sp³-hybridized carbons (Fsp3) is 0.595. The molecule has 2 saturated carbocycles. The van der Waals surface area contributed by atoms with Crippen LogP contribution in [0.4, 0.5) is 8.78 Å². The van der Waals surface area contributed by atoms with Gasteiger partial charge in [-0.3, -0.25) is 0 Å². The molecule has 2 aliphatic carbocycles. The molecule has 0 spiro atoms. The van der Waals surface area contributed by atoms with Crippen LogP contribution in [0.2, 0.25) is 0 Å². The molecular weight excluding hydrogens is 528 g/mol. The molecule has 0 bridgehead atoms. The number of hydrogen-bond acceptors (Lipinski definition) is 3. The van der Waals surface area contributed by atoms with Crippen molar-refractivity contribution in [2.75, 3.05) is 7.05 Å². The van der Waals surface area contributed by atoms with Crippen LogP contribution in [0.15, 0.2) is 48.0 Å². The Morgan fingerprint density at radius 2 is 1.52 bits per heavy atom. The van der Waals surface area contributed by atoms with Gasteiger partial charge >= 0.3 is 6.61 Å². The normalized spacial score (nSPS) is 13.2. The molecule has 2 aromatic rings. The van der Waals surface area contributed by atoms with Crippen molar-refractivity contribution in [3.05, 3.63) is 70.3 Å². The predicted molar refractivity (Wildman–Crippen MR) is 180 cm³/mol. The molecule has 2 aliphatic rings. The Hall–Kier alpha value is -2.53. The predicted octanol–water partition coefficient (Wildman–Crippen LogP) is 11.2. The number of hydrogen-bond donors (Lipinski definition) is 1. The molecule has 0 unspecified atom stereocenters. The van der Waals surface area contributed by atoms with Crippen molar-refractivity contribution < 1.29 is 18.3 Å². The number of nitrogens with one attached hydrogen (secondary N) is 1. The minimum absolute atomic E-state index is 0.237. The van der Waals surface area contributed by atoms with E-state index in [-0.39, 0.29) is 5.75 Å². The SMILES string of the molecule is CC.CC(C)C.CC=O.CCCc1cccc(OC(F)F)c1.CNC1CCCCC1.Cc1ccc(C=C2CC2)cc1C. The van der Waals surface area contributed by atoms with E-state index >= 15 is 0 Å². The minimum atomic E-state index is -2.74. The molecule has 5 heteroatoms. The summed E-state index contributed by atoms with van der Waals surface area (Å²) in [4.78, 5) is 8.81. The molecule has 0 heterocycles. The number of carbonyl (C=O) groups excluding carboxylic acids is 1. The molecule has 0 aliphatic heterocycles. The Bertz CT molecular complexity index is 942. The Balaban J connectivity index is 0. The van der Waals surface area contributed by atoms with Crippen molar-refractivity contribution in [2.45, 2.75) is 133 Å². The molecule has 42 heavy (non-hydrogen) atoms. The summed E-state index contributed by atoms with van der Waals surface area (Å²) in [7, 11) is 2.07. The second-order valence-electron chi connectivity index (χ2n) is 11.0. The quantitative estimate of drug-likeness (QED) is 0.341. The summed E-state index contributed by atoms with van der Waals surface area (Å²) in [5.41, 5.74) is 6.77. The van der Waals surface area contributed by atoms with Crippen LogP contribution in [0.1, 0.15) is 122 Å². The van der Waals surface area contributed by atoms with Crippen LogP contribution in [0, 0.1) is 19.8 Å². The first-order valence-corrected chi connectivity index (χ1v) is 15.9. The Kier molecular flexibility index (Phi) is 27.1. The number of rotatable bonds is 6. The van der Waals surface area contributed by atoms with Gasteiger partial charge in [-0.1, -0.05) is 109 Å². The zero-order valence-corrected chi connectivity index (χ0v) is 28.4. The lowest BCUT2D eigenvalue weighted by Gasteiger charge is -2.20. The van der Waals surface area contributed by atoms with E-state index in [4.69, 9.17) is 4.79 Å². The second kappa shape index (κ2) is 27.3. The average Bonchev–Trinajstić information content (AvgIpc) is 3.77. The molecule has 0 amide bonds. The van der Waals surface area contributed by atoms with E-state index in [9.17, 15) is 8.78 Å². The molecule has 0 aromatic heterocycles. The van der Waals surface area contributed by atoms with Gasteiger partial charge in [0.2, 0.25) is 0 Å². The summed E-state index contributed by atoms with van der Waals surface area (Å²) in [5.74, 6) is 1.07. The number of halogens is 2. The van der Waals surface area contributed by atoms with Crippen LogP contribution in [-0.4, -0.2) is 26.0 Å². The van der Waals surface area contributed by atoms with E-state index in [1.807, 2.05) is 26.8 Å². The summed E-state index contributed by atoms with van der Waals surface area (Å²) in [6, 6.07) is 14.3. The average molecular weight is 590 g/mol. The maximum atomic E-state index is 11.8. The Morgan fingerprint density at radius 1 is 0.952 bits per heavy atom. The molecule has 4 rings (SSSR count). The lowest BCUT2D eigenvalue weighted by molar-refractivity contribution is -0.106. The van der Waals surface area contributed by atoms with Crippen LogP contribution < -0.4 is 10.1 Å². The summed E-state index contributed by atoms with van der Waals surface area (Å²) in [5, 5.41) is 3.30. The molecule has 2 aromatic carbocycles. The highest BCUT2D eigenvalue weighted by molar-refractivity contribution is 5.57. The molecular formula is C37H61F2NO2. The maximum absolute atomic E-state index is 11.8. The van der Waals surface area contributed by atoms with Gasteiger partial charge in [0.05, 0.1) is 0 Å². The highest BCUT2D eigenvalue weighted by atomic mass is 19.3. The maximum Gasteiger partial charge on any atom is 0.387 e. The van der Waals surface area contributed by atoms with E-state index in [1.54, 1.807) is 17.7 Å². The van der Waals surface area contributed by atoms with Gasteiger partial charge in [-0.15, -0.1) is 0 Å². The largest absolute Gasteiger partial charge is 0.435 e.